The fourth-order valence-corrected chi connectivity index (χ4v) is 3.45. The number of anilines is 2. The highest BCUT2D eigenvalue weighted by molar-refractivity contribution is 5.72. The summed E-state index contributed by atoms with van der Waals surface area (Å²) in [5, 5.41) is 12.9. The van der Waals surface area contributed by atoms with Crippen LogP contribution in [0.4, 0.5) is 11.6 Å². The number of hydrogen-bond donors (Lipinski definition) is 1. The van der Waals surface area contributed by atoms with E-state index >= 15 is 0 Å². The van der Waals surface area contributed by atoms with E-state index in [1.165, 1.54) is 0 Å². The second kappa shape index (κ2) is 7.18. The minimum Gasteiger partial charge on any atom is -0.375 e. The van der Waals surface area contributed by atoms with Crippen molar-refractivity contribution >= 4 is 17.2 Å². The maximum absolute atomic E-state index is 5.84. The van der Waals surface area contributed by atoms with Crippen molar-refractivity contribution in [2.24, 2.45) is 0 Å². The SMILES string of the molecule is COC(C)c1cc2c(Nc3cc([C@H]4CCCO4)nn3C(C)(C)C)nccn2n1. The zero-order chi connectivity index (χ0) is 19.9. The Hall–Kier alpha value is -2.45. The predicted octanol–water partition coefficient (Wildman–Crippen LogP) is 3.98. The van der Waals surface area contributed by atoms with Gasteiger partial charge in [0.2, 0.25) is 0 Å². The highest BCUT2D eigenvalue weighted by atomic mass is 16.5. The van der Waals surface area contributed by atoms with Crippen molar-refractivity contribution in [2.45, 2.75) is 58.3 Å². The van der Waals surface area contributed by atoms with Crippen LogP contribution in [0.3, 0.4) is 0 Å². The first-order chi connectivity index (χ1) is 13.4. The zero-order valence-corrected chi connectivity index (χ0v) is 17.1. The first-order valence-corrected chi connectivity index (χ1v) is 9.73. The van der Waals surface area contributed by atoms with Gasteiger partial charge in [0.05, 0.1) is 23.0 Å². The lowest BCUT2D eigenvalue weighted by atomic mass is 10.1. The molecule has 0 amide bonds. The first-order valence-electron chi connectivity index (χ1n) is 9.73. The van der Waals surface area contributed by atoms with Crippen molar-refractivity contribution in [3.05, 3.63) is 35.9 Å². The zero-order valence-electron chi connectivity index (χ0n) is 17.1. The van der Waals surface area contributed by atoms with E-state index in [0.29, 0.717) is 0 Å². The van der Waals surface area contributed by atoms with Gasteiger partial charge >= 0.3 is 0 Å². The lowest BCUT2D eigenvalue weighted by molar-refractivity contribution is 0.107. The van der Waals surface area contributed by atoms with Gasteiger partial charge in [-0.1, -0.05) is 0 Å². The molecule has 0 aliphatic carbocycles. The molecule has 0 bridgehead atoms. The molecule has 4 rings (SSSR count). The van der Waals surface area contributed by atoms with Gasteiger partial charge in [-0.15, -0.1) is 0 Å². The Kier molecular flexibility index (Phi) is 4.84. The standard InChI is InChI=1S/C20H28N6O2/c1-13(27-5)14-11-16-19(21-8-9-25(16)23-14)22-18-12-15(17-7-6-10-28-17)24-26(18)20(2,3)4/h8-9,11-13,17H,6-7,10H2,1-5H3,(H,21,22)/t13?,17-/m1/s1. The Morgan fingerprint density at radius 3 is 2.79 bits per heavy atom. The number of hydrogen-bond acceptors (Lipinski definition) is 6. The molecular weight excluding hydrogens is 356 g/mol. The van der Waals surface area contributed by atoms with Crippen molar-refractivity contribution in [1.82, 2.24) is 24.4 Å². The highest BCUT2D eigenvalue weighted by Crippen LogP contribution is 2.33. The third-order valence-corrected chi connectivity index (χ3v) is 5.05. The molecular formula is C20H28N6O2. The smallest absolute Gasteiger partial charge is 0.157 e. The molecule has 1 saturated heterocycles. The van der Waals surface area contributed by atoms with Gasteiger partial charge in [0, 0.05) is 32.2 Å². The van der Waals surface area contributed by atoms with Gasteiger partial charge < -0.3 is 14.8 Å². The van der Waals surface area contributed by atoms with E-state index in [9.17, 15) is 0 Å². The molecule has 0 aromatic carbocycles. The van der Waals surface area contributed by atoms with Gasteiger partial charge in [0.1, 0.15) is 17.4 Å². The number of ether oxygens (including phenoxy) is 2. The van der Waals surface area contributed by atoms with E-state index in [1.54, 1.807) is 13.3 Å². The van der Waals surface area contributed by atoms with Crippen LogP contribution >= 0.6 is 0 Å². The largest absolute Gasteiger partial charge is 0.375 e. The van der Waals surface area contributed by atoms with Crippen LogP contribution < -0.4 is 5.32 Å². The molecule has 0 radical (unpaired) electrons. The average molecular weight is 384 g/mol. The second-order valence-electron chi connectivity index (χ2n) is 8.22. The molecule has 150 valence electrons. The van der Waals surface area contributed by atoms with Crippen LogP contribution in [0.1, 0.15) is 64.1 Å². The summed E-state index contributed by atoms with van der Waals surface area (Å²) in [5.74, 6) is 1.62. The molecule has 28 heavy (non-hydrogen) atoms. The summed E-state index contributed by atoms with van der Waals surface area (Å²) in [6, 6.07) is 4.07. The third-order valence-electron chi connectivity index (χ3n) is 5.05. The fourth-order valence-electron chi connectivity index (χ4n) is 3.45. The number of fused-ring (bicyclic) bond motifs is 1. The van der Waals surface area contributed by atoms with Crippen LogP contribution in [-0.4, -0.2) is 38.1 Å². The maximum atomic E-state index is 5.84. The maximum Gasteiger partial charge on any atom is 0.157 e. The molecule has 8 nitrogen and oxygen atoms in total. The third kappa shape index (κ3) is 3.49. The molecule has 1 aliphatic heterocycles. The minimum absolute atomic E-state index is 0.0667. The van der Waals surface area contributed by atoms with Crippen LogP contribution in [0, 0.1) is 0 Å². The van der Waals surface area contributed by atoms with Crippen molar-refractivity contribution in [3.63, 3.8) is 0 Å². The number of methoxy groups -OCH3 is 1. The van der Waals surface area contributed by atoms with E-state index in [1.807, 2.05) is 28.4 Å². The van der Waals surface area contributed by atoms with Gasteiger partial charge in [-0.2, -0.15) is 10.2 Å². The van der Waals surface area contributed by atoms with Crippen LogP contribution in [0.15, 0.2) is 24.5 Å². The Morgan fingerprint density at radius 2 is 2.11 bits per heavy atom. The van der Waals surface area contributed by atoms with Crippen molar-refractivity contribution in [2.75, 3.05) is 19.0 Å². The minimum atomic E-state index is -0.180. The summed E-state index contributed by atoms with van der Waals surface area (Å²) in [6.45, 7) is 9.18. The number of nitrogens with one attached hydrogen (secondary N) is 1. The number of rotatable bonds is 5. The Balaban J connectivity index is 1.73. The summed E-state index contributed by atoms with van der Waals surface area (Å²) in [7, 11) is 1.68. The van der Waals surface area contributed by atoms with E-state index in [2.05, 4.69) is 42.2 Å². The summed E-state index contributed by atoms with van der Waals surface area (Å²) >= 11 is 0. The molecule has 8 heteroatoms. The molecule has 3 aromatic rings. The molecule has 0 saturated carbocycles. The summed E-state index contributed by atoms with van der Waals surface area (Å²) in [5.41, 5.74) is 2.54. The van der Waals surface area contributed by atoms with Gasteiger partial charge in [0.15, 0.2) is 5.82 Å². The Morgan fingerprint density at radius 1 is 1.29 bits per heavy atom. The van der Waals surface area contributed by atoms with E-state index < -0.39 is 0 Å². The highest BCUT2D eigenvalue weighted by Gasteiger charge is 2.26. The van der Waals surface area contributed by atoms with E-state index in [4.69, 9.17) is 14.6 Å². The molecule has 0 spiro atoms. The average Bonchev–Trinajstić information content (AvgIpc) is 3.38. The Bertz CT molecular complexity index is 965. The van der Waals surface area contributed by atoms with Gasteiger partial charge in [-0.25, -0.2) is 14.2 Å². The number of aromatic nitrogens is 5. The molecule has 2 atom stereocenters. The molecule has 4 heterocycles. The molecule has 3 aromatic heterocycles. The van der Waals surface area contributed by atoms with Gasteiger partial charge in [0.25, 0.3) is 0 Å². The van der Waals surface area contributed by atoms with Crippen LogP contribution in [0.2, 0.25) is 0 Å². The summed E-state index contributed by atoms with van der Waals surface area (Å²) in [6.07, 6.45) is 5.64. The quantitative estimate of drug-likeness (QED) is 0.717. The van der Waals surface area contributed by atoms with Crippen molar-refractivity contribution in [3.8, 4) is 0 Å². The van der Waals surface area contributed by atoms with Gasteiger partial charge in [-0.3, -0.25) is 0 Å². The second-order valence-corrected chi connectivity index (χ2v) is 8.22. The van der Waals surface area contributed by atoms with Crippen LogP contribution in [0.25, 0.3) is 5.52 Å². The van der Waals surface area contributed by atoms with Gasteiger partial charge in [-0.05, 0) is 46.6 Å². The number of nitrogens with zero attached hydrogens (tertiary/aromatic N) is 5. The summed E-state index contributed by atoms with van der Waals surface area (Å²) in [4.78, 5) is 4.55. The Labute approximate surface area is 164 Å². The first kappa shape index (κ1) is 18.9. The fraction of sp³-hybridized carbons (Fsp3) is 0.550. The molecule has 1 unspecified atom stereocenters. The topological polar surface area (TPSA) is 78.5 Å². The normalized spacial score (nSPS) is 18.7. The predicted molar refractivity (Wildman–Crippen MR) is 107 cm³/mol. The monoisotopic (exact) mass is 384 g/mol. The molecule has 1 fully saturated rings. The van der Waals surface area contributed by atoms with Crippen molar-refractivity contribution in [1.29, 1.82) is 0 Å². The molecule has 1 N–H and O–H groups in total. The van der Waals surface area contributed by atoms with E-state index in [-0.39, 0.29) is 17.7 Å². The molecule has 1 aliphatic rings. The van der Waals surface area contributed by atoms with Crippen molar-refractivity contribution < 1.29 is 9.47 Å². The van der Waals surface area contributed by atoms with Crippen LogP contribution in [-0.2, 0) is 15.0 Å². The lowest BCUT2D eigenvalue weighted by Gasteiger charge is -2.22. The van der Waals surface area contributed by atoms with E-state index in [0.717, 1.165) is 48.0 Å². The van der Waals surface area contributed by atoms with Crippen LogP contribution in [0.5, 0.6) is 0 Å². The lowest BCUT2D eigenvalue weighted by Crippen LogP contribution is -2.25. The summed E-state index contributed by atoms with van der Waals surface area (Å²) < 4.78 is 15.1.